The molecule has 1 aromatic heterocycles. The number of hydrogen-bond donors (Lipinski definition) is 1. The van der Waals surface area contributed by atoms with Crippen LogP contribution in [0.1, 0.15) is 21.6 Å². The first kappa shape index (κ1) is 21.3. The molecule has 0 aliphatic rings. The number of halogens is 1. The maximum Gasteiger partial charge on any atom is 0.292 e. The lowest BCUT2D eigenvalue weighted by atomic mass is 10.2. The van der Waals surface area contributed by atoms with Gasteiger partial charge in [-0.1, -0.05) is 53.6 Å². The van der Waals surface area contributed by atoms with Crippen molar-refractivity contribution in [2.45, 2.75) is 17.8 Å². The SMILES string of the molecule is Cc1cccc(CS(=O)(=O)c2ncc(Cl)c(C(=O)Nc3ccccc3[N+](=O)[O-])n2)c1. The molecule has 0 fully saturated rings. The highest BCUT2D eigenvalue weighted by molar-refractivity contribution is 7.90. The summed E-state index contributed by atoms with van der Waals surface area (Å²) in [5.41, 5.74) is 0.617. The van der Waals surface area contributed by atoms with E-state index >= 15 is 0 Å². The lowest BCUT2D eigenvalue weighted by Crippen LogP contribution is -2.18. The van der Waals surface area contributed by atoms with Crippen LogP contribution in [0.15, 0.2) is 59.9 Å². The summed E-state index contributed by atoms with van der Waals surface area (Å²) < 4.78 is 25.4. The van der Waals surface area contributed by atoms with Crippen LogP contribution in [0.4, 0.5) is 11.4 Å². The molecule has 0 unspecified atom stereocenters. The Morgan fingerprint density at radius 1 is 1.20 bits per heavy atom. The molecule has 30 heavy (non-hydrogen) atoms. The maximum absolute atomic E-state index is 12.7. The third kappa shape index (κ3) is 4.78. The standard InChI is InChI=1S/C19H15ClN4O5S/c1-12-5-4-6-13(9-12)11-30(28,29)19-21-10-14(20)17(23-19)18(25)22-15-7-2-3-8-16(15)24(26)27/h2-10H,11H2,1H3,(H,22,25). The van der Waals surface area contributed by atoms with Crippen molar-refractivity contribution in [1.29, 1.82) is 0 Å². The summed E-state index contributed by atoms with van der Waals surface area (Å²) in [4.78, 5) is 30.6. The van der Waals surface area contributed by atoms with Crippen LogP contribution in [0, 0.1) is 17.0 Å². The molecule has 3 rings (SSSR count). The normalized spacial score (nSPS) is 11.1. The third-order valence-electron chi connectivity index (χ3n) is 4.00. The van der Waals surface area contributed by atoms with Crippen molar-refractivity contribution < 1.29 is 18.1 Å². The van der Waals surface area contributed by atoms with Crippen molar-refractivity contribution in [3.63, 3.8) is 0 Å². The highest BCUT2D eigenvalue weighted by atomic mass is 35.5. The summed E-state index contributed by atoms with van der Waals surface area (Å²) in [6, 6.07) is 12.4. The lowest BCUT2D eigenvalue weighted by molar-refractivity contribution is -0.383. The van der Waals surface area contributed by atoms with Crippen LogP contribution in [0.2, 0.25) is 5.02 Å². The number of aromatic nitrogens is 2. The van der Waals surface area contributed by atoms with Crippen LogP contribution in [0.5, 0.6) is 0 Å². The molecule has 0 saturated carbocycles. The molecule has 0 radical (unpaired) electrons. The molecular weight excluding hydrogens is 432 g/mol. The van der Waals surface area contributed by atoms with Gasteiger partial charge in [0.2, 0.25) is 15.0 Å². The minimum Gasteiger partial charge on any atom is -0.315 e. The number of benzene rings is 2. The van der Waals surface area contributed by atoms with Crippen molar-refractivity contribution >= 4 is 38.7 Å². The Morgan fingerprint density at radius 2 is 1.93 bits per heavy atom. The largest absolute Gasteiger partial charge is 0.315 e. The molecular formula is C19H15ClN4O5S. The van der Waals surface area contributed by atoms with E-state index in [2.05, 4.69) is 15.3 Å². The van der Waals surface area contributed by atoms with E-state index in [1.807, 2.05) is 13.0 Å². The second kappa shape index (κ2) is 8.56. The minimum absolute atomic E-state index is 0.0775. The smallest absolute Gasteiger partial charge is 0.292 e. The van der Waals surface area contributed by atoms with E-state index in [-0.39, 0.29) is 22.2 Å². The van der Waals surface area contributed by atoms with Crippen LogP contribution in [-0.4, -0.2) is 29.2 Å². The molecule has 1 heterocycles. The highest BCUT2D eigenvalue weighted by Crippen LogP contribution is 2.25. The van der Waals surface area contributed by atoms with Crippen LogP contribution in [0.3, 0.4) is 0 Å². The van der Waals surface area contributed by atoms with Crippen molar-refractivity contribution in [3.05, 3.63) is 86.7 Å². The summed E-state index contributed by atoms with van der Waals surface area (Å²) in [7, 11) is -3.97. The lowest BCUT2D eigenvalue weighted by Gasteiger charge is -2.09. The first-order valence-electron chi connectivity index (χ1n) is 8.53. The Hall–Kier alpha value is -3.37. The van der Waals surface area contributed by atoms with Gasteiger partial charge >= 0.3 is 0 Å². The van der Waals surface area contributed by atoms with Gasteiger partial charge in [-0.2, -0.15) is 0 Å². The van der Waals surface area contributed by atoms with Crippen molar-refractivity contribution in [3.8, 4) is 0 Å². The Kier molecular flexibility index (Phi) is 6.09. The number of carbonyl (C=O) groups is 1. The summed E-state index contributed by atoms with van der Waals surface area (Å²) in [5.74, 6) is -1.26. The molecule has 0 bridgehead atoms. The summed E-state index contributed by atoms with van der Waals surface area (Å²) in [6.45, 7) is 1.83. The number of carbonyl (C=O) groups excluding carboxylic acids is 1. The molecule has 0 spiro atoms. The fraction of sp³-hybridized carbons (Fsp3) is 0.105. The molecule has 1 N–H and O–H groups in total. The Morgan fingerprint density at radius 3 is 2.63 bits per heavy atom. The van der Waals surface area contributed by atoms with E-state index < -0.39 is 31.5 Å². The van der Waals surface area contributed by atoms with Crippen LogP contribution in [-0.2, 0) is 15.6 Å². The van der Waals surface area contributed by atoms with Crippen molar-refractivity contribution in [1.82, 2.24) is 9.97 Å². The van der Waals surface area contributed by atoms with Crippen LogP contribution < -0.4 is 5.32 Å². The molecule has 9 nitrogen and oxygen atoms in total. The number of nitrogens with one attached hydrogen (secondary N) is 1. The number of nitro benzene ring substituents is 1. The Balaban J connectivity index is 1.91. The molecule has 1 amide bonds. The number of rotatable bonds is 6. The first-order valence-corrected chi connectivity index (χ1v) is 10.6. The second-order valence-corrected chi connectivity index (χ2v) is 8.62. The van der Waals surface area contributed by atoms with Gasteiger partial charge in [0.05, 0.1) is 21.9 Å². The zero-order chi connectivity index (χ0) is 21.9. The molecule has 3 aromatic rings. The zero-order valence-electron chi connectivity index (χ0n) is 15.6. The molecule has 0 saturated heterocycles. The van der Waals surface area contributed by atoms with Gasteiger partial charge in [0.15, 0.2) is 5.69 Å². The molecule has 154 valence electrons. The van der Waals surface area contributed by atoms with Gasteiger partial charge in [0.25, 0.3) is 11.6 Å². The van der Waals surface area contributed by atoms with Gasteiger partial charge in [0.1, 0.15) is 5.69 Å². The monoisotopic (exact) mass is 446 g/mol. The summed E-state index contributed by atoms with van der Waals surface area (Å²) in [6.07, 6.45) is 1.01. The van der Waals surface area contributed by atoms with Crippen LogP contribution in [0.25, 0.3) is 0 Å². The van der Waals surface area contributed by atoms with E-state index in [0.717, 1.165) is 11.8 Å². The number of hydrogen-bond acceptors (Lipinski definition) is 7. The molecule has 2 aromatic carbocycles. The Labute approximate surface area is 176 Å². The predicted molar refractivity (Wildman–Crippen MR) is 110 cm³/mol. The van der Waals surface area contributed by atoms with Crippen LogP contribution >= 0.6 is 11.6 Å². The predicted octanol–water partition coefficient (Wildman–Crippen LogP) is 3.57. The molecule has 11 heteroatoms. The van der Waals surface area contributed by atoms with Crippen molar-refractivity contribution in [2.75, 3.05) is 5.32 Å². The number of nitrogens with zero attached hydrogens (tertiary/aromatic N) is 3. The highest BCUT2D eigenvalue weighted by Gasteiger charge is 2.24. The molecule has 0 aliphatic heterocycles. The quantitative estimate of drug-likeness (QED) is 0.347. The van der Waals surface area contributed by atoms with E-state index in [1.54, 1.807) is 18.2 Å². The first-order chi connectivity index (χ1) is 14.2. The third-order valence-corrected chi connectivity index (χ3v) is 5.75. The fourth-order valence-electron chi connectivity index (χ4n) is 2.67. The van der Waals surface area contributed by atoms with E-state index in [9.17, 15) is 23.3 Å². The number of aryl methyl sites for hydroxylation is 1. The number of sulfone groups is 1. The summed E-state index contributed by atoms with van der Waals surface area (Å²) in [5, 5.41) is 12.7. The summed E-state index contributed by atoms with van der Waals surface area (Å²) >= 11 is 5.98. The number of nitro groups is 1. The van der Waals surface area contributed by atoms with E-state index in [1.165, 1.54) is 24.3 Å². The van der Waals surface area contributed by atoms with E-state index in [4.69, 9.17) is 11.6 Å². The molecule has 0 aliphatic carbocycles. The number of anilines is 1. The van der Waals surface area contributed by atoms with Crippen molar-refractivity contribution in [2.24, 2.45) is 0 Å². The minimum atomic E-state index is -3.97. The maximum atomic E-state index is 12.7. The van der Waals surface area contributed by atoms with Gasteiger partial charge in [-0.15, -0.1) is 0 Å². The van der Waals surface area contributed by atoms with Gasteiger partial charge in [-0.25, -0.2) is 18.4 Å². The average molecular weight is 447 g/mol. The second-order valence-electron chi connectivity index (χ2n) is 6.33. The zero-order valence-corrected chi connectivity index (χ0v) is 17.1. The number of para-hydroxylation sites is 2. The fourth-order valence-corrected chi connectivity index (χ4v) is 4.03. The molecule has 0 atom stereocenters. The van der Waals surface area contributed by atoms with Gasteiger partial charge in [0, 0.05) is 6.07 Å². The van der Waals surface area contributed by atoms with E-state index in [0.29, 0.717) is 5.56 Å². The topological polar surface area (TPSA) is 132 Å². The van der Waals surface area contributed by atoms with Gasteiger partial charge < -0.3 is 5.32 Å². The Bertz CT molecular complexity index is 1250. The number of amides is 1. The van der Waals surface area contributed by atoms with Gasteiger partial charge in [-0.05, 0) is 18.6 Å². The van der Waals surface area contributed by atoms with Gasteiger partial charge in [-0.3, -0.25) is 14.9 Å². The average Bonchev–Trinajstić information content (AvgIpc) is 2.68.